The van der Waals surface area contributed by atoms with Crippen LogP contribution in [0.15, 0.2) is 48.5 Å². The van der Waals surface area contributed by atoms with Crippen LogP contribution < -0.4 is 10.1 Å². The van der Waals surface area contributed by atoms with Crippen molar-refractivity contribution in [3.63, 3.8) is 0 Å². The minimum Gasteiger partial charge on any atom is -0.495 e. The number of hydrogen-bond donors (Lipinski definition) is 1. The highest BCUT2D eigenvalue weighted by Gasteiger charge is 2.14. The van der Waals surface area contributed by atoms with Crippen LogP contribution >= 0.6 is 0 Å². The molecule has 2 aromatic rings. The summed E-state index contributed by atoms with van der Waals surface area (Å²) in [6.07, 6.45) is 3.22. The molecule has 0 radical (unpaired) electrons. The Morgan fingerprint density at radius 3 is 2.21 bits per heavy atom. The fourth-order valence-electron chi connectivity index (χ4n) is 2.64. The van der Waals surface area contributed by atoms with Crippen LogP contribution in [0.4, 0.5) is 5.69 Å². The molecule has 0 saturated heterocycles. The average molecular weight is 380 g/mol. The number of nitrogens with zero attached hydrogens (tertiary/aromatic N) is 1. The van der Waals surface area contributed by atoms with Gasteiger partial charge in [0.15, 0.2) is 0 Å². The third kappa shape index (κ3) is 5.46. The number of carbonyl (C=O) groups excluding carboxylic acids is 2. The molecule has 0 aliphatic carbocycles. The molecule has 0 unspecified atom stereocenters. The van der Waals surface area contributed by atoms with E-state index in [1.165, 1.54) is 23.6 Å². The predicted octanol–water partition coefficient (Wildman–Crippen LogP) is 4.35. The van der Waals surface area contributed by atoms with Gasteiger partial charge in [0, 0.05) is 25.7 Å². The number of carbonyl (C=O) groups is 2. The van der Waals surface area contributed by atoms with Crippen molar-refractivity contribution < 1.29 is 14.3 Å². The normalized spacial score (nSPS) is 11.4. The van der Waals surface area contributed by atoms with Gasteiger partial charge in [-0.1, -0.05) is 45.0 Å². The van der Waals surface area contributed by atoms with E-state index in [-0.39, 0.29) is 17.2 Å². The van der Waals surface area contributed by atoms with Crippen LogP contribution in [0.25, 0.3) is 6.08 Å². The number of amides is 2. The van der Waals surface area contributed by atoms with Gasteiger partial charge < -0.3 is 15.0 Å². The van der Waals surface area contributed by atoms with Gasteiger partial charge >= 0.3 is 0 Å². The molecule has 0 atom stereocenters. The Bertz CT molecular complexity index is 876. The summed E-state index contributed by atoms with van der Waals surface area (Å²) in [5, 5.41) is 2.78. The average Bonchev–Trinajstić information content (AvgIpc) is 2.65. The van der Waals surface area contributed by atoms with Crippen molar-refractivity contribution in [2.24, 2.45) is 0 Å². The molecule has 5 heteroatoms. The van der Waals surface area contributed by atoms with Crippen molar-refractivity contribution in [2.45, 2.75) is 26.2 Å². The molecular formula is C23H28N2O3. The van der Waals surface area contributed by atoms with Crippen molar-refractivity contribution in [3.8, 4) is 5.75 Å². The zero-order valence-electron chi connectivity index (χ0n) is 17.4. The van der Waals surface area contributed by atoms with E-state index in [0.29, 0.717) is 17.0 Å². The highest BCUT2D eigenvalue weighted by atomic mass is 16.5. The lowest BCUT2D eigenvalue weighted by atomic mass is 9.87. The Hall–Kier alpha value is -3.08. The minimum atomic E-state index is -0.298. The Morgan fingerprint density at radius 1 is 1.04 bits per heavy atom. The van der Waals surface area contributed by atoms with E-state index in [1.54, 1.807) is 38.4 Å². The molecule has 2 aromatic carbocycles. The lowest BCUT2D eigenvalue weighted by Crippen LogP contribution is -2.22. The number of nitrogens with one attached hydrogen (secondary N) is 1. The Kier molecular flexibility index (Phi) is 6.62. The van der Waals surface area contributed by atoms with Crippen molar-refractivity contribution in [3.05, 3.63) is 65.2 Å². The van der Waals surface area contributed by atoms with Crippen LogP contribution in [0.5, 0.6) is 5.75 Å². The fraction of sp³-hybridized carbons (Fsp3) is 0.304. The maximum Gasteiger partial charge on any atom is 0.253 e. The number of benzene rings is 2. The highest BCUT2D eigenvalue weighted by Crippen LogP contribution is 2.26. The first-order valence-electron chi connectivity index (χ1n) is 9.11. The van der Waals surface area contributed by atoms with Crippen LogP contribution in [0, 0.1) is 0 Å². The molecule has 5 nitrogen and oxygen atoms in total. The lowest BCUT2D eigenvalue weighted by Gasteiger charge is -2.18. The summed E-state index contributed by atoms with van der Waals surface area (Å²) in [4.78, 5) is 26.0. The summed E-state index contributed by atoms with van der Waals surface area (Å²) in [5.41, 5.74) is 3.19. The first kappa shape index (κ1) is 21.2. The van der Waals surface area contributed by atoms with Gasteiger partial charge in [0.1, 0.15) is 5.75 Å². The van der Waals surface area contributed by atoms with E-state index in [0.717, 1.165) is 5.56 Å². The number of rotatable bonds is 5. The number of hydrogen-bond acceptors (Lipinski definition) is 3. The zero-order valence-corrected chi connectivity index (χ0v) is 17.4. The van der Waals surface area contributed by atoms with Gasteiger partial charge in [-0.05, 0) is 40.8 Å². The summed E-state index contributed by atoms with van der Waals surface area (Å²) in [5.74, 6) is 0.0480. The minimum absolute atomic E-state index is 0.0885. The SMILES string of the molecule is COc1ccc(C(=O)N(C)C)cc1NC(=O)/C=C/c1ccc(C(C)(C)C)cc1. The Labute approximate surface area is 167 Å². The Morgan fingerprint density at radius 2 is 1.68 bits per heavy atom. The lowest BCUT2D eigenvalue weighted by molar-refractivity contribution is -0.111. The van der Waals surface area contributed by atoms with E-state index >= 15 is 0 Å². The highest BCUT2D eigenvalue weighted by molar-refractivity contribution is 6.04. The quantitative estimate of drug-likeness (QED) is 0.785. The van der Waals surface area contributed by atoms with E-state index < -0.39 is 0 Å². The van der Waals surface area contributed by atoms with Crippen LogP contribution in [-0.4, -0.2) is 37.9 Å². The maximum atomic E-state index is 12.3. The smallest absolute Gasteiger partial charge is 0.253 e. The summed E-state index contributed by atoms with van der Waals surface area (Å²) in [6, 6.07) is 13.1. The van der Waals surface area contributed by atoms with Gasteiger partial charge in [-0.3, -0.25) is 9.59 Å². The first-order chi connectivity index (χ1) is 13.1. The fourth-order valence-corrected chi connectivity index (χ4v) is 2.64. The molecular weight excluding hydrogens is 352 g/mol. The molecule has 0 heterocycles. The van der Waals surface area contributed by atoms with Gasteiger partial charge in [-0.2, -0.15) is 0 Å². The summed E-state index contributed by atoms with van der Waals surface area (Å²) in [6.45, 7) is 6.48. The van der Waals surface area contributed by atoms with Crippen LogP contribution in [0.3, 0.4) is 0 Å². The van der Waals surface area contributed by atoms with E-state index in [9.17, 15) is 9.59 Å². The van der Waals surface area contributed by atoms with Crippen molar-refractivity contribution in [1.29, 1.82) is 0 Å². The predicted molar refractivity (Wildman–Crippen MR) is 114 cm³/mol. The standard InChI is InChI=1S/C23H28N2O3/c1-23(2,3)18-11-7-16(8-12-18)9-14-21(26)24-19-15-17(22(27)25(4)5)10-13-20(19)28-6/h7-15H,1-6H3,(H,24,26)/b14-9+. The maximum absolute atomic E-state index is 12.3. The molecule has 0 aliphatic rings. The van der Waals surface area contributed by atoms with E-state index in [4.69, 9.17) is 4.74 Å². The van der Waals surface area contributed by atoms with E-state index in [1.807, 2.05) is 12.1 Å². The summed E-state index contributed by atoms with van der Waals surface area (Å²) >= 11 is 0. The first-order valence-corrected chi connectivity index (χ1v) is 9.11. The molecule has 28 heavy (non-hydrogen) atoms. The molecule has 0 aliphatic heterocycles. The van der Waals surface area contributed by atoms with Crippen LogP contribution in [0.1, 0.15) is 42.3 Å². The van der Waals surface area contributed by atoms with Crippen LogP contribution in [0.2, 0.25) is 0 Å². The monoisotopic (exact) mass is 380 g/mol. The van der Waals surface area contributed by atoms with Crippen LogP contribution in [-0.2, 0) is 10.2 Å². The Balaban J connectivity index is 2.14. The molecule has 0 spiro atoms. The molecule has 0 saturated carbocycles. The van der Waals surface area contributed by atoms with E-state index in [2.05, 4.69) is 38.2 Å². The van der Waals surface area contributed by atoms with Crippen molar-refractivity contribution >= 4 is 23.6 Å². The summed E-state index contributed by atoms with van der Waals surface area (Å²) < 4.78 is 5.29. The van der Waals surface area contributed by atoms with Gasteiger partial charge in [-0.15, -0.1) is 0 Å². The third-order valence-corrected chi connectivity index (χ3v) is 4.31. The molecule has 1 N–H and O–H groups in total. The largest absolute Gasteiger partial charge is 0.495 e. The zero-order chi connectivity index (χ0) is 20.9. The summed E-state index contributed by atoms with van der Waals surface area (Å²) in [7, 11) is 4.88. The molecule has 0 fully saturated rings. The van der Waals surface area contributed by atoms with Gasteiger partial charge in [0.25, 0.3) is 5.91 Å². The van der Waals surface area contributed by atoms with Gasteiger partial charge in [0.2, 0.25) is 5.91 Å². The molecule has 2 amide bonds. The van der Waals surface area contributed by atoms with Gasteiger partial charge in [0.05, 0.1) is 12.8 Å². The third-order valence-electron chi connectivity index (χ3n) is 4.31. The van der Waals surface area contributed by atoms with Crippen molar-refractivity contribution in [1.82, 2.24) is 4.90 Å². The second kappa shape index (κ2) is 8.74. The molecule has 2 rings (SSSR count). The van der Waals surface area contributed by atoms with Gasteiger partial charge in [-0.25, -0.2) is 0 Å². The topological polar surface area (TPSA) is 58.6 Å². The number of methoxy groups -OCH3 is 1. The molecule has 0 bridgehead atoms. The second-order valence-electron chi connectivity index (χ2n) is 7.81. The second-order valence-corrected chi connectivity index (χ2v) is 7.81. The van der Waals surface area contributed by atoms with Crippen molar-refractivity contribution in [2.75, 3.05) is 26.5 Å². The number of ether oxygens (including phenoxy) is 1. The molecule has 0 aromatic heterocycles. The molecule has 148 valence electrons. The number of anilines is 1.